The van der Waals surface area contributed by atoms with Gasteiger partial charge in [0.25, 0.3) is 0 Å². The van der Waals surface area contributed by atoms with Crippen LogP contribution in [0, 0.1) is 0 Å². The molecule has 24 heavy (non-hydrogen) atoms. The summed E-state index contributed by atoms with van der Waals surface area (Å²) in [5.74, 6) is 0. The molecule has 0 aliphatic carbocycles. The highest BCUT2D eigenvalue weighted by Gasteiger charge is 2.26. The third kappa shape index (κ3) is 12.0. The molecule has 0 saturated heterocycles. The lowest BCUT2D eigenvalue weighted by molar-refractivity contribution is 0.377. The van der Waals surface area contributed by atoms with Crippen LogP contribution >= 0.6 is 25.3 Å². The minimum absolute atomic E-state index is 0.0500. The van der Waals surface area contributed by atoms with E-state index < -0.39 is 0 Å². The molecule has 2 atom stereocenters. The SMILES string of the molecule is CCCNCC(NCCNC(CNCCC)C(C)(C)S)C(C)(C)S. The van der Waals surface area contributed by atoms with E-state index in [-0.39, 0.29) is 9.49 Å². The van der Waals surface area contributed by atoms with Crippen molar-refractivity contribution in [3.63, 3.8) is 0 Å². The Morgan fingerprint density at radius 2 is 1.00 bits per heavy atom. The lowest BCUT2D eigenvalue weighted by atomic mass is 10.0. The molecule has 6 heteroatoms. The molecule has 4 N–H and O–H groups in total. The molecule has 0 bridgehead atoms. The van der Waals surface area contributed by atoms with E-state index in [0.717, 1.165) is 52.1 Å². The van der Waals surface area contributed by atoms with Gasteiger partial charge in [-0.2, -0.15) is 25.3 Å². The zero-order valence-electron chi connectivity index (χ0n) is 16.7. The average molecular weight is 379 g/mol. The van der Waals surface area contributed by atoms with E-state index in [4.69, 9.17) is 25.3 Å². The summed E-state index contributed by atoms with van der Waals surface area (Å²) in [4.78, 5) is 0. The van der Waals surface area contributed by atoms with Crippen LogP contribution in [0.15, 0.2) is 0 Å². The zero-order chi connectivity index (χ0) is 18.6. The Morgan fingerprint density at radius 3 is 1.25 bits per heavy atom. The highest BCUT2D eigenvalue weighted by molar-refractivity contribution is 7.82. The molecular formula is C18H42N4S2. The van der Waals surface area contributed by atoms with Crippen LogP contribution in [0.5, 0.6) is 0 Å². The summed E-state index contributed by atoms with van der Waals surface area (Å²) in [7, 11) is 0. The maximum Gasteiger partial charge on any atom is 0.0332 e. The molecule has 0 aromatic carbocycles. The van der Waals surface area contributed by atoms with Crippen LogP contribution in [0.4, 0.5) is 0 Å². The molecule has 0 amide bonds. The normalized spacial score (nSPS) is 15.5. The van der Waals surface area contributed by atoms with Crippen LogP contribution in [-0.4, -0.2) is 60.8 Å². The third-order valence-corrected chi connectivity index (χ3v) is 4.79. The molecule has 0 radical (unpaired) electrons. The second-order valence-electron chi connectivity index (χ2n) is 7.73. The van der Waals surface area contributed by atoms with Gasteiger partial charge < -0.3 is 21.3 Å². The van der Waals surface area contributed by atoms with Crippen molar-refractivity contribution < 1.29 is 0 Å². The molecule has 0 heterocycles. The van der Waals surface area contributed by atoms with Gasteiger partial charge in [0.05, 0.1) is 0 Å². The van der Waals surface area contributed by atoms with Crippen LogP contribution < -0.4 is 21.3 Å². The average Bonchev–Trinajstić information content (AvgIpc) is 2.45. The Labute approximate surface area is 161 Å². The van der Waals surface area contributed by atoms with Crippen molar-refractivity contribution in [2.24, 2.45) is 0 Å². The lowest BCUT2D eigenvalue weighted by Gasteiger charge is -2.33. The van der Waals surface area contributed by atoms with Crippen molar-refractivity contribution >= 4 is 25.3 Å². The lowest BCUT2D eigenvalue weighted by Crippen LogP contribution is -2.54. The van der Waals surface area contributed by atoms with Crippen molar-refractivity contribution in [3.8, 4) is 0 Å². The minimum Gasteiger partial charge on any atom is -0.315 e. The van der Waals surface area contributed by atoms with Gasteiger partial charge in [0, 0.05) is 47.8 Å². The molecule has 4 nitrogen and oxygen atoms in total. The first-order valence-electron chi connectivity index (χ1n) is 9.45. The minimum atomic E-state index is -0.0500. The Balaban J connectivity index is 4.26. The molecular weight excluding hydrogens is 336 g/mol. The standard InChI is InChI=1S/C18H42N4S2/c1-7-9-19-13-15(17(3,4)23)21-11-12-22-16(18(5,6)24)14-20-10-8-2/h15-16,19-24H,7-14H2,1-6H3. The summed E-state index contributed by atoms with van der Waals surface area (Å²) < 4.78 is -0.0999. The Bertz CT molecular complexity index is 270. The van der Waals surface area contributed by atoms with Crippen molar-refractivity contribution in [1.82, 2.24) is 21.3 Å². The fourth-order valence-electron chi connectivity index (χ4n) is 2.48. The molecule has 0 rings (SSSR count). The van der Waals surface area contributed by atoms with E-state index >= 15 is 0 Å². The maximum absolute atomic E-state index is 4.75. The van der Waals surface area contributed by atoms with E-state index in [2.05, 4.69) is 62.8 Å². The summed E-state index contributed by atoms with van der Waals surface area (Å²) in [6.45, 7) is 18.9. The smallest absolute Gasteiger partial charge is 0.0332 e. The first-order valence-corrected chi connectivity index (χ1v) is 10.3. The largest absolute Gasteiger partial charge is 0.315 e. The van der Waals surface area contributed by atoms with Gasteiger partial charge in [-0.3, -0.25) is 0 Å². The molecule has 2 unspecified atom stereocenters. The summed E-state index contributed by atoms with van der Waals surface area (Å²) >= 11 is 9.50. The van der Waals surface area contributed by atoms with E-state index in [0.29, 0.717) is 12.1 Å². The highest BCUT2D eigenvalue weighted by Crippen LogP contribution is 2.18. The Kier molecular flexibility index (Phi) is 13.1. The quantitative estimate of drug-likeness (QED) is 0.196. The van der Waals surface area contributed by atoms with Gasteiger partial charge in [-0.1, -0.05) is 13.8 Å². The van der Waals surface area contributed by atoms with E-state index in [1.54, 1.807) is 0 Å². The van der Waals surface area contributed by atoms with Crippen molar-refractivity contribution in [2.45, 2.75) is 76.0 Å². The predicted molar refractivity (Wildman–Crippen MR) is 116 cm³/mol. The van der Waals surface area contributed by atoms with Gasteiger partial charge in [0.1, 0.15) is 0 Å². The molecule has 0 aromatic heterocycles. The van der Waals surface area contributed by atoms with Crippen LogP contribution in [0.25, 0.3) is 0 Å². The Hall–Kier alpha value is 0.540. The van der Waals surface area contributed by atoms with Gasteiger partial charge in [-0.05, 0) is 53.6 Å². The summed E-state index contributed by atoms with van der Waals surface area (Å²) in [6, 6.07) is 0.685. The van der Waals surface area contributed by atoms with Gasteiger partial charge in [0.2, 0.25) is 0 Å². The molecule has 0 aromatic rings. The van der Waals surface area contributed by atoms with E-state index in [1.165, 1.54) is 0 Å². The molecule has 146 valence electrons. The number of thiol groups is 2. The second-order valence-corrected chi connectivity index (χ2v) is 10.0. The van der Waals surface area contributed by atoms with Crippen molar-refractivity contribution in [3.05, 3.63) is 0 Å². The Morgan fingerprint density at radius 1 is 0.667 bits per heavy atom. The maximum atomic E-state index is 4.75. The molecule has 0 spiro atoms. The highest BCUT2D eigenvalue weighted by atomic mass is 32.1. The monoisotopic (exact) mass is 378 g/mol. The topological polar surface area (TPSA) is 48.1 Å². The van der Waals surface area contributed by atoms with E-state index in [1.807, 2.05) is 0 Å². The number of hydrogen-bond donors (Lipinski definition) is 6. The fraction of sp³-hybridized carbons (Fsp3) is 1.00. The molecule has 0 aliphatic rings. The van der Waals surface area contributed by atoms with Crippen LogP contribution in [-0.2, 0) is 0 Å². The number of hydrogen-bond acceptors (Lipinski definition) is 6. The second kappa shape index (κ2) is 12.8. The van der Waals surface area contributed by atoms with Crippen molar-refractivity contribution in [2.75, 3.05) is 39.3 Å². The third-order valence-electron chi connectivity index (χ3n) is 4.16. The number of nitrogens with one attached hydrogen (secondary N) is 4. The van der Waals surface area contributed by atoms with Crippen LogP contribution in [0.2, 0.25) is 0 Å². The fourth-order valence-corrected chi connectivity index (χ4v) is 2.85. The summed E-state index contributed by atoms with van der Waals surface area (Å²) in [5.41, 5.74) is 0. The van der Waals surface area contributed by atoms with E-state index in [9.17, 15) is 0 Å². The summed E-state index contributed by atoms with van der Waals surface area (Å²) in [6.07, 6.45) is 2.31. The van der Waals surface area contributed by atoms with Gasteiger partial charge in [0.15, 0.2) is 0 Å². The molecule has 0 saturated carbocycles. The van der Waals surface area contributed by atoms with Crippen LogP contribution in [0.3, 0.4) is 0 Å². The zero-order valence-corrected chi connectivity index (χ0v) is 18.5. The number of rotatable bonds is 15. The first kappa shape index (κ1) is 24.5. The first-order chi connectivity index (χ1) is 11.1. The summed E-state index contributed by atoms with van der Waals surface area (Å²) in [5, 5.41) is 14.3. The molecule has 0 aliphatic heterocycles. The van der Waals surface area contributed by atoms with Crippen molar-refractivity contribution in [1.29, 1.82) is 0 Å². The van der Waals surface area contributed by atoms with Gasteiger partial charge >= 0.3 is 0 Å². The molecule has 0 fully saturated rings. The van der Waals surface area contributed by atoms with Gasteiger partial charge in [-0.15, -0.1) is 0 Å². The van der Waals surface area contributed by atoms with Crippen LogP contribution in [0.1, 0.15) is 54.4 Å². The van der Waals surface area contributed by atoms with Gasteiger partial charge in [-0.25, -0.2) is 0 Å². The predicted octanol–water partition coefficient (Wildman–Crippen LogP) is 2.32.